The van der Waals surface area contributed by atoms with E-state index < -0.39 is 5.82 Å². The quantitative estimate of drug-likeness (QED) is 0.747. The van der Waals surface area contributed by atoms with Gasteiger partial charge in [0.05, 0.1) is 16.7 Å². The molecule has 1 aromatic heterocycles. The number of nitrogens with zero attached hydrogens (tertiary/aromatic N) is 1. The third-order valence-electron chi connectivity index (χ3n) is 4.40. The fourth-order valence-electron chi connectivity index (χ4n) is 2.98. The average molecular weight is 344 g/mol. The minimum Gasteiger partial charge on any atom is -0.348 e. The zero-order valence-corrected chi connectivity index (χ0v) is 13.5. The van der Waals surface area contributed by atoms with Crippen molar-refractivity contribution in [1.29, 1.82) is 0 Å². The molecular weight excluding hydrogens is 329 g/mol. The monoisotopic (exact) mass is 343 g/mol. The molecule has 0 aliphatic heterocycles. The van der Waals surface area contributed by atoms with E-state index in [2.05, 4.69) is 21.6 Å². The number of hydrogen-bond acceptors (Lipinski definition) is 2. The summed E-state index contributed by atoms with van der Waals surface area (Å²) in [4.78, 5) is 12.3. The molecule has 1 aliphatic rings. The molecule has 4 nitrogen and oxygen atoms in total. The first-order valence-electron chi connectivity index (χ1n) is 7.81. The van der Waals surface area contributed by atoms with Crippen LogP contribution in [0.25, 0.3) is 10.9 Å². The molecule has 1 saturated carbocycles. The first kappa shape index (κ1) is 15.1. The lowest BCUT2D eigenvalue weighted by atomic mass is 9.99. The predicted molar refractivity (Wildman–Crippen MR) is 90.6 cm³/mol. The molecule has 1 amide bonds. The maximum atomic E-state index is 13.2. The summed E-state index contributed by atoms with van der Waals surface area (Å²) < 4.78 is 13.2. The topological polar surface area (TPSA) is 57.8 Å². The van der Waals surface area contributed by atoms with Crippen LogP contribution in [0.15, 0.2) is 36.5 Å². The van der Waals surface area contributed by atoms with Crippen LogP contribution >= 0.6 is 11.6 Å². The Morgan fingerprint density at radius 1 is 1.33 bits per heavy atom. The van der Waals surface area contributed by atoms with Crippen molar-refractivity contribution in [3.05, 3.63) is 64.1 Å². The Balaban J connectivity index is 1.60. The largest absolute Gasteiger partial charge is 0.348 e. The molecular formula is C18H15ClFN3O. The lowest BCUT2D eigenvalue weighted by molar-refractivity contribution is 0.0951. The molecule has 4 rings (SSSR count). The van der Waals surface area contributed by atoms with E-state index in [1.807, 2.05) is 6.07 Å². The second-order valence-electron chi connectivity index (χ2n) is 6.05. The minimum absolute atomic E-state index is 0.0572. The number of H-pyrrole nitrogens is 1. The van der Waals surface area contributed by atoms with E-state index in [0.717, 1.165) is 16.5 Å². The Labute approximate surface area is 143 Å². The molecule has 1 fully saturated rings. The summed E-state index contributed by atoms with van der Waals surface area (Å²) in [5.74, 6) is -0.247. The molecule has 0 spiro atoms. The molecule has 0 bridgehead atoms. The van der Waals surface area contributed by atoms with Gasteiger partial charge in [0.1, 0.15) is 5.82 Å². The molecule has 24 heavy (non-hydrogen) atoms. The summed E-state index contributed by atoms with van der Waals surface area (Å²) in [6.07, 6.45) is 4.15. The standard InChI is InChI=1S/C18H15ClFN3O/c19-15-7-11(3-5-16(15)20)18(24)21-8-13-12(10-1-2-10)4-6-17-14(13)9-22-23-17/h3-7,9-10H,1-2,8H2,(H,21,24)(H,22,23). The van der Waals surface area contributed by atoms with Gasteiger partial charge in [0.25, 0.3) is 5.91 Å². The Morgan fingerprint density at radius 2 is 2.17 bits per heavy atom. The van der Waals surface area contributed by atoms with Crippen molar-refractivity contribution in [2.45, 2.75) is 25.3 Å². The van der Waals surface area contributed by atoms with Gasteiger partial charge in [-0.05, 0) is 54.2 Å². The maximum absolute atomic E-state index is 13.2. The van der Waals surface area contributed by atoms with Crippen molar-refractivity contribution in [1.82, 2.24) is 15.5 Å². The number of aromatic amines is 1. The summed E-state index contributed by atoms with van der Waals surface area (Å²) in [7, 11) is 0. The van der Waals surface area contributed by atoms with Gasteiger partial charge in [0, 0.05) is 17.5 Å². The highest BCUT2D eigenvalue weighted by Crippen LogP contribution is 2.43. The molecule has 0 radical (unpaired) electrons. The first-order valence-corrected chi connectivity index (χ1v) is 8.19. The maximum Gasteiger partial charge on any atom is 0.251 e. The number of halogens is 2. The molecule has 0 saturated heterocycles. The van der Waals surface area contributed by atoms with Crippen LogP contribution in [0.1, 0.15) is 40.2 Å². The van der Waals surface area contributed by atoms with E-state index in [0.29, 0.717) is 18.0 Å². The van der Waals surface area contributed by atoms with E-state index in [4.69, 9.17) is 11.6 Å². The van der Waals surface area contributed by atoms with Crippen LogP contribution < -0.4 is 5.32 Å². The van der Waals surface area contributed by atoms with Gasteiger partial charge in [0.15, 0.2) is 0 Å². The number of carbonyl (C=O) groups is 1. The predicted octanol–water partition coefficient (Wildman–Crippen LogP) is 4.16. The highest BCUT2D eigenvalue weighted by Gasteiger charge is 2.27. The van der Waals surface area contributed by atoms with Crippen molar-refractivity contribution >= 4 is 28.4 Å². The van der Waals surface area contributed by atoms with E-state index in [9.17, 15) is 9.18 Å². The molecule has 3 aromatic rings. The van der Waals surface area contributed by atoms with Crippen LogP contribution in [0.5, 0.6) is 0 Å². The van der Waals surface area contributed by atoms with Crippen LogP contribution in [0.2, 0.25) is 5.02 Å². The molecule has 122 valence electrons. The number of nitrogens with one attached hydrogen (secondary N) is 2. The van der Waals surface area contributed by atoms with E-state index in [-0.39, 0.29) is 10.9 Å². The van der Waals surface area contributed by atoms with E-state index in [1.165, 1.54) is 36.6 Å². The van der Waals surface area contributed by atoms with Gasteiger partial charge in [-0.15, -0.1) is 0 Å². The normalized spacial score (nSPS) is 14.1. The van der Waals surface area contributed by atoms with Gasteiger partial charge in [-0.3, -0.25) is 9.89 Å². The summed E-state index contributed by atoms with van der Waals surface area (Å²) >= 11 is 5.75. The number of amides is 1. The van der Waals surface area contributed by atoms with Gasteiger partial charge in [-0.25, -0.2) is 4.39 Å². The summed E-state index contributed by atoms with van der Waals surface area (Å²) in [5, 5.41) is 10.9. The van der Waals surface area contributed by atoms with Crippen molar-refractivity contribution in [3.8, 4) is 0 Å². The number of aromatic nitrogens is 2. The van der Waals surface area contributed by atoms with Crippen molar-refractivity contribution in [3.63, 3.8) is 0 Å². The molecule has 0 atom stereocenters. The molecule has 0 unspecified atom stereocenters. The lowest BCUT2D eigenvalue weighted by Crippen LogP contribution is -2.23. The minimum atomic E-state index is -0.535. The Hall–Kier alpha value is -2.40. The highest BCUT2D eigenvalue weighted by molar-refractivity contribution is 6.31. The second-order valence-corrected chi connectivity index (χ2v) is 6.46. The number of hydrogen-bond donors (Lipinski definition) is 2. The van der Waals surface area contributed by atoms with Crippen LogP contribution in [0, 0.1) is 5.82 Å². The first-order chi connectivity index (χ1) is 11.6. The van der Waals surface area contributed by atoms with Gasteiger partial charge < -0.3 is 5.32 Å². The Morgan fingerprint density at radius 3 is 2.92 bits per heavy atom. The van der Waals surface area contributed by atoms with Crippen molar-refractivity contribution in [2.75, 3.05) is 0 Å². The summed E-state index contributed by atoms with van der Waals surface area (Å²) in [5.41, 5.74) is 3.65. The summed E-state index contributed by atoms with van der Waals surface area (Å²) in [6.45, 7) is 0.399. The van der Waals surface area contributed by atoms with Crippen LogP contribution in [0.4, 0.5) is 4.39 Å². The fraction of sp³-hybridized carbons (Fsp3) is 0.222. The lowest BCUT2D eigenvalue weighted by Gasteiger charge is -2.12. The van der Waals surface area contributed by atoms with E-state index in [1.54, 1.807) is 6.20 Å². The van der Waals surface area contributed by atoms with Gasteiger partial charge in [-0.1, -0.05) is 17.7 Å². The van der Waals surface area contributed by atoms with Gasteiger partial charge in [0.2, 0.25) is 0 Å². The van der Waals surface area contributed by atoms with Crippen molar-refractivity contribution < 1.29 is 9.18 Å². The third kappa shape index (κ3) is 2.76. The number of benzene rings is 2. The van der Waals surface area contributed by atoms with Crippen LogP contribution in [0.3, 0.4) is 0 Å². The Bertz CT molecular complexity index is 933. The van der Waals surface area contributed by atoms with Gasteiger partial charge in [-0.2, -0.15) is 5.10 Å². The molecule has 1 aliphatic carbocycles. The number of fused-ring (bicyclic) bond motifs is 1. The molecule has 1 heterocycles. The van der Waals surface area contributed by atoms with Crippen molar-refractivity contribution in [2.24, 2.45) is 0 Å². The molecule has 2 aromatic carbocycles. The zero-order valence-electron chi connectivity index (χ0n) is 12.8. The molecule has 6 heteroatoms. The number of rotatable bonds is 4. The highest BCUT2D eigenvalue weighted by atomic mass is 35.5. The van der Waals surface area contributed by atoms with E-state index >= 15 is 0 Å². The Kier molecular flexibility index (Phi) is 3.73. The van der Waals surface area contributed by atoms with Crippen LogP contribution in [-0.2, 0) is 6.54 Å². The second kappa shape index (κ2) is 5.91. The number of carbonyl (C=O) groups excluding carboxylic acids is 1. The third-order valence-corrected chi connectivity index (χ3v) is 4.69. The average Bonchev–Trinajstić information content (AvgIpc) is 3.31. The SMILES string of the molecule is O=C(NCc1c(C2CC2)ccc2[nH]ncc12)c1ccc(F)c(Cl)c1. The molecule has 2 N–H and O–H groups in total. The van der Waals surface area contributed by atoms with Gasteiger partial charge >= 0.3 is 0 Å². The summed E-state index contributed by atoms with van der Waals surface area (Å²) in [6, 6.07) is 8.10. The smallest absolute Gasteiger partial charge is 0.251 e. The fourth-order valence-corrected chi connectivity index (χ4v) is 3.16. The zero-order chi connectivity index (χ0) is 16.7. The van der Waals surface area contributed by atoms with Crippen LogP contribution in [-0.4, -0.2) is 16.1 Å².